The van der Waals surface area contributed by atoms with Gasteiger partial charge in [0.1, 0.15) is 0 Å². The third-order valence-electron chi connectivity index (χ3n) is 4.54. The summed E-state index contributed by atoms with van der Waals surface area (Å²) in [5.41, 5.74) is 0.255. The molecule has 0 bridgehead atoms. The number of hydrogen-bond acceptors (Lipinski definition) is 3. The zero-order chi connectivity index (χ0) is 12.3. The summed E-state index contributed by atoms with van der Waals surface area (Å²) in [6, 6.07) is 0.563. The predicted molar refractivity (Wildman–Crippen MR) is 71.3 cm³/mol. The molecule has 3 heteroatoms. The van der Waals surface area contributed by atoms with Crippen LogP contribution in [0.25, 0.3) is 0 Å². The summed E-state index contributed by atoms with van der Waals surface area (Å²) in [6.07, 6.45) is 3.95. The van der Waals surface area contributed by atoms with Crippen LogP contribution in [0.1, 0.15) is 40.0 Å². The summed E-state index contributed by atoms with van der Waals surface area (Å²) in [5.74, 6) is 0.686. The van der Waals surface area contributed by atoms with Crippen molar-refractivity contribution in [1.82, 2.24) is 10.2 Å². The third kappa shape index (κ3) is 2.83. The Morgan fingerprint density at radius 2 is 2.06 bits per heavy atom. The van der Waals surface area contributed by atoms with Crippen LogP contribution in [0, 0.1) is 5.92 Å². The summed E-state index contributed by atoms with van der Waals surface area (Å²) < 4.78 is 5.58. The maximum Gasteiger partial charge on any atom is 0.0510 e. The molecule has 2 saturated heterocycles. The van der Waals surface area contributed by atoms with Crippen LogP contribution in [0.4, 0.5) is 0 Å². The van der Waals surface area contributed by atoms with E-state index in [4.69, 9.17) is 4.74 Å². The number of likely N-dealkylation sites (N-methyl/N-ethyl adjacent to an activating group) is 1. The Labute approximate surface area is 106 Å². The number of rotatable bonds is 5. The van der Waals surface area contributed by atoms with Crippen molar-refractivity contribution in [3.05, 3.63) is 0 Å². The van der Waals surface area contributed by atoms with Crippen molar-refractivity contribution in [3.8, 4) is 0 Å². The molecule has 0 aliphatic carbocycles. The number of hydrogen-bond donors (Lipinski definition) is 1. The Morgan fingerprint density at radius 3 is 2.59 bits per heavy atom. The van der Waals surface area contributed by atoms with Gasteiger partial charge in [-0.05, 0) is 52.7 Å². The lowest BCUT2D eigenvalue weighted by molar-refractivity contribution is 0.0713. The number of ether oxygens (including phenoxy) is 1. The first-order valence-corrected chi connectivity index (χ1v) is 7.22. The van der Waals surface area contributed by atoms with E-state index in [0.717, 1.165) is 19.8 Å². The second-order valence-electron chi connectivity index (χ2n) is 6.01. The normalized spacial score (nSPS) is 28.8. The summed E-state index contributed by atoms with van der Waals surface area (Å²) >= 11 is 0. The van der Waals surface area contributed by atoms with E-state index in [0.29, 0.717) is 12.0 Å². The van der Waals surface area contributed by atoms with Gasteiger partial charge in [0.15, 0.2) is 0 Å². The smallest absolute Gasteiger partial charge is 0.0510 e. The van der Waals surface area contributed by atoms with E-state index in [1.165, 1.54) is 32.4 Å². The van der Waals surface area contributed by atoms with Crippen LogP contribution < -0.4 is 5.32 Å². The van der Waals surface area contributed by atoms with Gasteiger partial charge in [-0.1, -0.05) is 6.92 Å². The maximum absolute atomic E-state index is 5.58. The molecule has 2 atom stereocenters. The van der Waals surface area contributed by atoms with Gasteiger partial charge in [0.05, 0.1) is 6.61 Å². The van der Waals surface area contributed by atoms with Crippen LogP contribution in [-0.4, -0.2) is 49.3 Å². The first kappa shape index (κ1) is 13.3. The van der Waals surface area contributed by atoms with Crippen LogP contribution in [0.15, 0.2) is 0 Å². The van der Waals surface area contributed by atoms with Gasteiger partial charge in [0.25, 0.3) is 0 Å². The molecule has 3 nitrogen and oxygen atoms in total. The number of nitrogens with one attached hydrogen (secondary N) is 1. The van der Waals surface area contributed by atoms with Gasteiger partial charge in [-0.15, -0.1) is 0 Å². The highest BCUT2D eigenvalue weighted by Gasteiger charge is 2.41. The third-order valence-corrected chi connectivity index (χ3v) is 4.54. The van der Waals surface area contributed by atoms with Crippen LogP contribution in [-0.2, 0) is 4.74 Å². The molecular weight excluding hydrogens is 212 g/mol. The summed E-state index contributed by atoms with van der Waals surface area (Å²) in [5, 5.41) is 3.72. The fourth-order valence-corrected chi connectivity index (χ4v) is 3.52. The van der Waals surface area contributed by atoms with Gasteiger partial charge in [0, 0.05) is 24.1 Å². The highest BCUT2D eigenvalue weighted by Crippen LogP contribution is 2.31. The Bertz CT molecular complexity index is 230. The molecule has 2 aliphatic rings. The standard InChI is InChI=1S/C14H28N2O/c1-4-15-13(12-7-10-17-11-12)14(2,3)16-8-5-6-9-16/h12-13,15H,4-11H2,1-3H3. The Hall–Kier alpha value is -0.120. The van der Waals surface area contributed by atoms with Gasteiger partial charge in [-0.25, -0.2) is 0 Å². The van der Waals surface area contributed by atoms with Gasteiger partial charge >= 0.3 is 0 Å². The summed E-state index contributed by atoms with van der Waals surface area (Å²) in [6.45, 7) is 12.5. The zero-order valence-electron chi connectivity index (χ0n) is 11.7. The fraction of sp³-hybridized carbons (Fsp3) is 1.00. The molecule has 1 N–H and O–H groups in total. The Balaban J connectivity index is 2.06. The number of nitrogens with zero attached hydrogens (tertiary/aromatic N) is 1. The van der Waals surface area contributed by atoms with Crippen LogP contribution in [0.2, 0.25) is 0 Å². The first-order chi connectivity index (χ1) is 8.16. The van der Waals surface area contributed by atoms with Crippen molar-refractivity contribution in [2.45, 2.75) is 51.6 Å². The lowest BCUT2D eigenvalue weighted by atomic mass is 9.82. The van der Waals surface area contributed by atoms with E-state index in [1.807, 2.05) is 0 Å². The quantitative estimate of drug-likeness (QED) is 0.794. The van der Waals surface area contributed by atoms with Crippen molar-refractivity contribution in [2.75, 3.05) is 32.8 Å². The van der Waals surface area contributed by atoms with Crippen molar-refractivity contribution < 1.29 is 4.74 Å². The van der Waals surface area contributed by atoms with Gasteiger partial charge in [-0.3, -0.25) is 4.90 Å². The molecule has 2 aliphatic heterocycles. The topological polar surface area (TPSA) is 24.5 Å². The minimum atomic E-state index is 0.255. The molecule has 100 valence electrons. The fourth-order valence-electron chi connectivity index (χ4n) is 3.52. The Morgan fingerprint density at radius 1 is 1.35 bits per heavy atom. The summed E-state index contributed by atoms with van der Waals surface area (Å²) in [4.78, 5) is 2.67. The van der Waals surface area contributed by atoms with E-state index in [9.17, 15) is 0 Å². The summed E-state index contributed by atoms with van der Waals surface area (Å²) in [7, 11) is 0. The van der Waals surface area contributed by atoms with Crippen LogP contribution in [0.3, 0.4) is 0 Å². The molecular formula is C14H28N2O. The molecule has 2 unspecified atom stereocenters. The first-order valence-electron chi connectivity index (χ1n) is 7.22. The van der Waals surface area contributed by atoms with Gasteiger partial charge in [0.2, 0.25) is 0 Å². The van der Waals surface area contributed by atoms with Crippen molar-refractivity contribution in [2.24, 2.45) is 5.92 Å². The van der Waals surface area contributed by atoms with E-state index < -0.39 is 0 Å². The molecule has 2 fully saturated rings. The van der Waals surface area contributed by atoms with E-state index in [1.54, 1.807) is 0 Å². The minimum absolute atomic E-state index is 0.255. The molecule has 0 aromatic rings. The molecule has 0 spiro atoms. The second-order valence-corrected chi connectivity index (χ2v) is 6.01. The maximum atomic E-state index is 5.58. The van der Waals surface area contributed by atoms with Crippen molar-refractivity contribution in [1.29, 1.82) is 0 Å². The lowest BCUT2D eigenvalue weighted by Gasteiger charge is -2.45. The number of likely N-dealkylation sites (tertiary alicyclic amines) is 1. The lowest BCUT2D eigenvalue weighted by Crippen LogP contribution is -2.60. The van der Waals surface area contributed by atoms with E-state index in [-0.39, 0.29) is 5.54 Å². The monoisotopic (exact) mass is 240 g/mol. The SMILES string of the molecule is CCNC(C1CCOC1)C(C)(C)N1CCCC1. The minimum Gasteiger partial charge on any atom is -0.381 e. The van der Waals surface area contributed by atoms with E-state index >= 15 is 0 Å². The van der Waals surface area contributed by atoms with Crippen molar-refractivity contribution in [3.63, 3.8) is 0 Å². The largest absolute Gasteiger partial charge is 0.381 e. The van der Waals surface area contributed by atoms with E-state index in [2.05, 4.69) is 31.0 Å². The average molecular weight is 240 g/mol. The molecule has 0 aromatic heterocycles. The van der Waals surface area contributed by atoms with Crippen molar-refractivity contribution >= 4 is 0 Å². The molecule has 0 amide bonds. The zero-order valence-corrected chi connectivity index (χ0v) is 11.7. The second kappa shape index (κ2) is 5.68. The molecule has 0 saturated carbocycles. The molecule has 17 heavy (non-hydrogen) atoms. The molecule has 0 aromatic carbocycles. The Kier molecular flexibility index (Phi) is 4.45. The van der Waals surface area contributed by atoms with Gasteiger partial charge < -0.3 is 10.1 Å². The molecule has 2 rings (SSSR count). The van der Waals surface area contributed by atoms with Crippen LogP contribution >= 0.6 is 0 Å². The predicted octanol–water partition coefficient (Wildman–Crippen LogP) is 1.88. The highest BCUT2D eigenvalue weighted by atomic mass is 16.5. The molecule has 2 heterocycles. The molecule has 0 radical (unpaired) electrons. The highest BCUT2D eigenvalue weighted by molar-refractivity contribution is 4.99. The average Bonchev–Trinajstić information content (AvgIpc) is 2.97. The van der Waals surface area contributed by atoms with Crippen LogP contribution in [0.5, 0.6) is 0 Å². The van der Waals surface area contributed by atoms with Gasteiger partial charge in [-0.2, -0.15) is 0 Å².